The van der Waals surface area contributed by atoms with Crippen LogP contribution in [0.5, 0.6) is 0 Å². The Labute approximate surface area is 106 Å². The SMILES string of the molecule is CC(C)c1nccn1CC(O)c1ccc(F)cc1. The van der Waals surface area contributed by atoms with Crippen LogP contribution in [0.25, 0.3) is 0 Å². The molecule has 2 aromatic rings. The zero-order valence-corrected chi connectivity index (χ0v) is 10.5. The van der Waals surface area contributed by atoms with Crippen LogP contribution in [0.4, 0.5) is 4.39 Å². The van der Waals surface area contributed by atoms with Crippen molar-refractivity contribution in [3.05, 3.63) is 53.9 Å². The van der Waals surface area contributed by atoms with E-state index in [1.54, 1.807) is 18.3 Å². The van der Waals surface area contributed by atoms with E-state index in [1.165, 1.54) is 12.1 Å². The Bertz CT molecular complexity index is 505. The number of aromatic nitrogens is 2. The standard InChI is InChI=1S/C14H17FN2O/c1-10(2)14-16-7-8-17(14)9-13(18)11-3-5-12(15)6-4-11/h3-8,10,13,18H,9H2,1-2H3. The summed E-state index contributed by atoms with van der Waals surface area (Å²) in [5.74, 6) is 0.952. The van der Waals surface area contributed by atoms with Crippen molar-refractivity contribution in [2.75, 3.05) is 0 Å². The van der Waals surface area contributed by atoms with E-state index in [0.717, 1.165) is 5.82 Å². The first kappa shape index (κ1) is 12.8. The Balaban J connectivity index is 2.13. The van der Waals surface area contributed by atoms with Crippen molar-refractivity contribution in [3.63, 3.8) is 0 Å². The second kappa shape index (κ2) is 5.31. The number of rotatable bonds is 4. The summed E-state index contributed by atoms with van der Waals surface area (Å²) in [5.41, 5.74) is 0.708. The van der Waals surface area contributed by atoms with Gasteiger partial charge >= 0.3 is 0 Å². The van der Waals surface area contributed by atoms with Gasteiger partial charge in [-0.05, 0) is 17.7 Å². The van der Waals surface area contributed by atoms with Crippen molar-refractivity contribution in [2.24, 2.45) is 0 Å². The van der Waals surface area contributed by atoms with Crippen LogP contribution in [0.2, 0.25) is 0 Å². The van der Waals surface area contributed by atoms with Crippen LogP contribution in [-0.2, 0) is 6.54 Å². The summed E-state index contributed by atoms with van der Waals surface area (Å²) < 4.78 is 14.7. The molecular weight excluding hydrogens is 231 g/mol. The van der Waals surface area contributed by atoms with Gasteiger partial charge in [0.1, 0.15) is 11.6 Å². The highest BCUT2D eigenvalue weighted by Crippen LogP contribution is 2.19. The molecule has 18 heavy (non-hydrogen) atoms. The van der Waals surface area contributed by atoms with Crippen LogP contribution in [-0.4, -0.2) is 14.7 Å². The molecule has 1 aromatic heterocycles. The van der Waals surface area contributed by atoms with Gasteiger partial charge in [0, 0.05) is 18.3 Å². The molecule has 4 heteroatoms. The lowest BCUT2D eigenvalue weighted by atomic mass is 10.1. The van der Waals surface area contributed by atoms with E-state index in [4.69, 9.17) is 0 Å². The quantitative estimate of drug-likeness (QED) is 0.903. The van der Waals surface area contributed by atoms with Crippen LogP contribution < -0.4 is 0 Å². The molecule has 0 aliphatic heterocycles. The van der Waals surface area contributed by atoms with Crippen molar-refractivity contribution in [3.8, 4) is 0 Å². The minimum Gasteiger partial charge on any atom is -0.387 e. The van der Waals surface area contributed by atoms with E-state index < -0.39 is 6.10 Å². The highest BCUT2D eigenvalue weighted by atomic mass is 19.1. The molecule has 0 saturated carbocycles. The normalized spacial score (nSPS) is 12.9. The molecule has 0 radical (unpaired) electrons. The minimum absolute atomic E-state index is 0.295. The number of aliphatic hydroxyl groups is 1. The molecule has 3 nitrogen and oxygen atoms in total. The van der Waals surface area contributed by atoms with E-state index in [9.17, 15) is 9.50 Å². The minimum atomic E-state index is -0.655. The number of imidazole rings is 1. The summed E-state index contributed by atoms with van der Waals surface area (Å²) in [7, 11) is 0. The van der Waals surface area contributed by atoms with Crippen LogP contribution in [0.15, 0.2) is 36.7 Å². The second-order valence-corrected chi connectivity index (χ2v) is 4.66. The van der Waals surface area contributed by atoms with E-state index in [2.05, 4.69) is 18.8 Å². The average molecular weight is 248 g/mol. The lowest BCUT2D eigenvalue weighted by Gasteiger charge is -2.15. The largest absolute Gasteiger partial charge is 0.387 e. The van der Waals surface area contributed by atoms with Crippen LogP contribution in [0.1, 0.15) is 37.3 Å². The van der Waals surface area contributed by atoms with Gasteiger partial charge < -0.3 is 9.67 Å². The number of aliphatic hydroxyl groups excluding tert-OH is 1. The molecule has 1 unspecified atom stereocenters. The molecular formula is C14H17FN2O. The fraction of sp³-hybridized carbons (Fsp3) is 0.357. The fourth-order valence-corrected chi connectivity index (χ4v) is 1.95. The van der Waals surface area contributed by atoms with Gasteiger partial charge in [0.25, 0.3) is 0 Å². The van der Waals surface area contributed by atoms with Crippen molar-refractivity contribution in [1.29, 1.82) is 0 Å². The smallest absolute Gasteiger partial charge is 0.123 e. The Morgan fingerprint density at radius 1 is 1.28 bits per heavy atom. The molecule has 0 aliphatic rings. The van der Waals surface area contributed by atoms with Gasteiger partial charge in [-0.25, -0.2) is 9.37 Å². The molecule has 1 atom stereocenters. The maximum absolute atomic E-state index is 12.8. The maximum Gasteiger partial charge on any atom is 0.123 e. The third-order valence-electron chi connectivity index (χ3n) is 2.89. The lowest BCUT2D eigenvalue weighted by Crippen LogP contribution is -2.11. The molecule has 0 fully saturated rings. The predicted octanol–water partition coefficient (Wildman–Crippen LogP) is 2.88. The Morgan fingerprint density at radius 2 is 1.94 bits per heavy atom. The zero-order chi connectivity index (χ0) is 13.1. The van der Waals surface area contributed by atoms with E-state index in [0.29, 0.717) is 18.0 Å². The molecule has 0 amide bonds. The number of benzene rings is 1. The number of hydrogen-bond acceptors (Lipinski definition) is 2. The molecule has 1 aromatic carbocycles. The summed E-state index contributed by atoms with van der Waals surface area (Å²) in [5, 5.41) is 10.1. The van der Waals surface area contributed by atoms with Gasteiger partial charge in [-0.15, -0.1) is 0 Å². The molecule has 0 aliphatic carbocycles. The second-order valence-electron chi connectivity index (χ2n) is 4.66. The van der Waals surface area contributed by atoms with Crippen LogP contribution in [0, 0.1) is 5.82 Å². The molecule has 2 rings (SSSR count). The van der Waals surface area contributed by atoms with Crippen molar-refractivity contribution < 1.29 is 9.50 Å². The first-order valence-electron chi connectivity index (χ1n) is 6.02. The number of hydrogen-bond donors (Lipinski definition) is 1. The topological polar surface area (TPSA) is 38.0 Å². The zero-order valence-electron chi connectivity index (χ0n) is 10.5. The predicted molar refractivity (Wildman–Crippen MR) is 67.7 cm³/mol. The van der Waals surface area contributed by atoms with Gasteiger partial charge in [0.2, 0.25) is 0 Å². The number of nitrogens with zero attached hydrogens (tertiary/aromatic N) is 2. The van der Waals surface area contributed by atoms with Crippen molar-refractivity contribution in [2.45, 2.75) is 32.4 Å². The molecule has 1 N–H and O–H groups in total. The summed E-state index contributed by atoms with van der Waals surface area (Å²) >= 11 is 0. The van der Waals surface area contributed by atoms with E-state index in [-0.39, 0.29) is 5.82 Å². The van der Waals surface area contributed by atoms with Gasteiger partial charge in [-0.2, -0.15) is 0 Å². The molecule has 96 valence electrons. The van der Waals surface area contributed by atoms with Gasteiger partial charge in [0.15, 0.2) is 0 Å². The lowest BCUT2D eigenvalue weighted by molar-refractivity contribution is 0.155. The monoisotopic (exact) mass is 248 g/mol. The van der Waals surface area contributed by atoms with Crippen molar-refractivity contribution in [1.82, 2.24) is 9.55 Å². The summed E-state index contributed by atoms with van der Waals surface area (Å²) in [6, 6.07) is 5.92. The molecule has 1 heterocycles. The Morgan fingerprint density at radius 3 is 2.56 bits per heavy atom. The third-order valence-corrected chi connectivity index (χ3v) is 2.89. The third kappa shape index (κ3) is 2.76. The summed E-state index contributed by atoms with van der Waals surface area (Å²) in [4.78, 5) is 4.27. The van der Waals surface area contributed by atoms with E-state index >= 15 is 0 Å². The van der Waals surface area contributed by atoms with Gasteiger partial charge in [-0.3, -0.25) is 0 Å². The molecule has 0 spiro atoms. The average Bonchev–Trinajstić information content (AvgIpc) is 2.78. The summed E-state index contributed by atoms with van der Waals surface area (Å²) in [6.45, 7) is 4.55. The molecule has 0 bridgehead atoms. The van der Waals surface area contributed by atoms with Gasteiger partial charge in [0.05, 0.1) is 12.6 Å². The van der Waals surface area contributed by atoms with Crippen LogP contribution >= 0.6 is 0 Å². The summed E-state index contributed by atoms with van der Waals surface area (Å²) in [6.07, 6.45) is 2.92. The highest BCUT2D eigenvalue weighted by Gasteiger charge is 2.12. The Kier molecular flexibility index (Phi) is 3.77. The first-order chi connectivity index (χ1) is 8.58. The van der Waals surface area contributed by atoms with Crippen LogP contribution in [0.3, 0.4) is 0 Å². The number of halogens is 1. The van der Waals surface area contributed by atoms with E-state index in [1.807, 2.05) is 10.8 Å². The Hall–Kier alpha value is -1.68. The maximum atomic E-state index is 12.8. The highest BCUT2D eigenvalue weighted by molar-refractivity contribution is 5.18. The van der Waals surface area contributed by atoms with Gasteiger partial charge in [-0.1, -0.05) is 26.0 Å². The fourth-order valence-electron chi connectivity index (χ4n) is 1.95. The first-order valence-corrected chi connectivity index (χ1v) is 6.02. The van der Waals surface area contributed by atoms with Crippen molar-refractivity contribution >= 4 is 0 Å². The molecule has 0 saturated heterocycles.